The van der Waals surface area contributed by atoms with E-state index in [1.807, 2.05) is 25.1 Å². The van der Waals surface area contributed by atoms with Gasteiger partial charge in [0.25, 0.3) is 0 Å². The van der Waals surface area contributed by atoms with E-state index < -0.39 is 0 Å². The Labute approximate surface area is 99.2 Å². The Balaban J connectivity index is 0.00000112. The zero-order valence-corrected chi connectivity index (χ0v) is 9.69. The molecule has 1 saturated heterocycles. The smallest absolute Gasteiger partial charge is 0.407 e. The van der Waals surface area contributed by atoms with Gasteiger partial charge in [-0.05, 0) is 24.1 Å². The molecule has 0 radical (unpaired) electrons. The van der Waals surface area contributed by atoms with Gasteiger partial charge in [0, 0.05) is 5.02 Å². The van der Waals surface area contributed by atoms with Crippen molar-refractivity contribution in [3.63, 3.8) is 0 Å². The summed E-state index contributed by atoms with van der Waals surface area (Å²) >= 11 is 5.90. The monoisotopic (exact) mass is 247 g/mol. The second-order valence-electron chi connectivity index (χ2n) is 3.30. The molecule has 1 amide bonds. The quantitative estimate of drug-likeness (QED) is 0.829. The lowest BCUT2D eigenvalue weighted by atomic mass is 10.1. The lowest BCUT2D eigenvalue weighted by Gasteiger charge is -2.08. The minimum Gasteiger partial charge on any atom is -0.447 e. The zero-order chi connectivity index (χ0) is 10.1. The zero-order valence-electron chi connectivity index (χ0n) is 8.12. The number of benzene rings is 1. The predicted molar refractivity (Wildman–Crippen MR) is 60.7 cm³/mol. The van der Waals surface area contributed by atoms with Gasteiger partial charge >= 0.3 is 6.09 Å². The normalized spacial score (nSPS) is 19.1. The molecule has 1 fully saturated rings. The summed E-state index contributed by atoms with van der Waals surface area (Å²) in [6.45, 7) is 2.32. The first-order valence-corrected chi connectivity index (χ1v) is 4.74. The number of amides is 1. The Morgan fingerprint density at radius 2 is 2.27 bits per heavy atom. The van der Waals surface area contributed by atoms with Crippen LogP contribution < -0.4 is 5.32 Å². The van der Waals surface area contributed by atoms with Crippen LogP contribution in [0.4, 0.5) is 4.79 Å². The van der Waals surface area contributed by atoms with Crippen molar-refractivity contribution >= 4 is 30.1 Å². The summed E-state index contributed by atoms with van der Waals surface area (Å²) in [6.07, 6.45) is -0.359. The number of carbonyl (C=O) groups is 1. The maximum atomic E-state index is 10.8. The fourth-order valence-corrected chi connectivity index (χ4v) is 1.57. The first-order chi connectivity index (χ1) is 6.66. The number of hydrogen-bond acceptors (Lipinski definition) is 2. The van der Waals surface area contributed by atoms with Gasteiger partial charge < -0.3 is 10.1 Å². The van der Waals surface area contributed by atoms with Gasteiger partial charge in [-0.2, -0.15) is 0 Å². The van der Waals surface area contributed by atoms with Crippen LogP contribution >= 0.6 is 24.0 Å². The minimum atomic E-state index is -0.359. The molecule has 0 aromatic heterocycles. The molecule has 1 atom stereocenters. The average molecular weight is 248 g/mol. The first-order valence-electron chi connectivity index (χ1n) is 4.36. The van der Waals surface area contributed by atoms with Crippen LogP contribution in [-0.4, -0.2) is 12.7 Å². The van der Waals surface area contributed by atoms with Crippen molar-refractivity contribution in [2.75, 3.05) is 6.61 Å². The van der Waals surface area contributed by atoms with Gasteiger partial charge in [-0.1, -0.05) is 23.7 Å². The van der Waals surface area contributed by atoms with E-state index in [4.69, 9.17) is 16.3 Å². The summed E-state index contributed by atoms with van der Waals surface area (Å²) in [5.41, 5.74) is 2.03. The van der Waals surface area contributed by atoms with Crippen molar-refractivity contribution < 1.29 is 9.53 Å². The number of halogens is 2. The van der Waals surface area contributed by atoms with E-state index in [9.17, 15) is 4.79 Å². The molecule has 0 bridgehead atoms. The molecule has 1 N–H and O–H groups in total. The molecule has 3 nitrogen and oxygen atoms in total. The number of nitrogens with one attached hydrogen (secondary N) is 1. The lowest BCUT2D eigenvalue weighted by molar-refractivity contribution is 0.177. The number of hydrogen-bond donors (Lipinski definition) is 1. The van der Waals surface area contributed by atoms with Crippen molar-refractivity contribution in [3.8, 4) is 0 Å². The molecule has 2 rings (SSSR count). The molecule has 5 heteroatoms. The van der Waals surface area contributed by atoms with Crippen LogP contribution in [0.15, 0.2) is 18.2 Å². The first kappa shape index (κ1) is 12.1. The Hall–Kier alpha value is -0.930. The highest BCUT2D eigenvalue weighted by atomic mass is 35.5. The van der Waals surface area contributed by atoms with Crippen LogP contribution in [0.2, 0.25) is 5.02 Å². The third kappa shape index (κ3) is 2.55. The summed E-state index contributed by atoms with van der Waals surface area (Å²) in [4.78, 5) is 10.8. The largest absolute Gasteiger partial charge is 0.447 e. The predicted octanol–water partition coefficient (Wildman–Crippen LogP) is 2.85. The van der Waals surface area contributed by atoms with Gasteiger partial charge in [0.05, 0.1) is 6.04 Å². The molecule has 1 aromatic rings. The van der Waals surface area contributed by atoms with Crippen molar-refractivity contribution in [1.82, 2.24) is 5.32 Å². The number of aryl methyl sites for hydroxylation is 1. The van der Waals surface area contributed by atoms with E-state index in [2.05, 4.69) is 5.32 Å². The standard InChI is InChI=1S/C10H10ClNO2.ClH/c1-6-4-7(2-3-8(6)11)9-5-14-10(13)12-9;/h2-4,9H,5H2,1H3,(H,12,13);1H/t9-;/m1./s1. The highest BCUT2D eigenvalue weighted by Crippen LogP contribution is 2.23. The van der Waals surface area contributed by atoms with Crippen molar-refractivity contribution in [2.24, 2.45) is 0 Å². The number of rotatable bonds is 1. The Kier molecular flexibility index (Phi) is 3.83. The average Bonchev–Trinajstić information content (AvgIpc) is 2.57. The van der Waals surface area contributed by atoms with E-state index in [0.29, 0.717) is 6.61 Å². The van der Waals surface area contributed by atoms with Crippen LogP contribution in [0.1, 0.15) is 17.2 Å². The lowest BCUT2D eigenvalue weighted by Crippen LogP contribution is -2.18. The highest BCUT2D eigenvalue weighted by Gasteiger charge is 2.23. The van der Waals surface area contributed by atoms with E-state index in [1.165, 1.54) is 0 Å². The molecule has 0 aliphatic carbocycles. The molecule has 15 heavy (non-hydrogen) atoms. The Morgan fingerprint density at radius 1 is 1.53 bits per heavy atom. The van der Waals surface area contributed by atoms with Crippen molar-refractivity contribution in [3.05, 3.63) is 34.3 Å². The molecule has 82 valence electrons. The molecule has 0 saturated carbocycles. The van der Waals surface area contributed by atoms with Crippen LogP contribution in [0, 0.1) is 6.92 Å². The van der Waals surface area contributed by atoms with E-state index in [0.717, 1.165) is 16.1 Å². The summed E-state index contributed by atoms with van der Waals surface area (Å²) < 4.78 is 4.81. The maximum Gasteiger partial charge on any atom is 0.407 e. The molecule has 0 spiro atoms. The summed E-state index contributed by atoms with van der Waals surface area (Å²) in [5.74, 6) is 0. The summed E-state index contributed by atoms with van der Waals surface area (Å²) in [5, 5.41) is 3.45. The van der Waals surface area contributed by atoms with Gasteiger partial charge in [0.1, 0.15) is 6.61 Å². The second-order valence-corrected chi connectivity index (χ2v) is 3.71. The number of ether oxygens (including phenoxy) is 1. The third-order valence-corrected chi connectivity index (χ3v) is 2.68. The van der Waals surface area contributed by atoms with E-state index >= 15 is 0 Å². The molecule has 1 aliphatic rings. The van der Waals surface area contributed by atoms with Crippen LogP contribution in [-0.2, 0) is 4.74 Å². The summed E-state index contributed by atoms with van der Waals surface area (Å²) in [7, 11) is 0. The van der Waals surface area contributed by atoms with Gasteiger partial charge in [-0.3, -0.25) is 0 Å². The van der Waals surface area contributed by atoms with Gasteiger partial charge in [-0.25, -0.2) is 4.79 Å². The fraction of sp³-hybridized carbons (Fsp3) is 0.300. The van der Waals surface area contributed by atoms with Gasteiger partial charge in [-0.15, -0.1) is 12.4 Å². The molecular weight excluding hydrogens is 237 g/mol. The van der Waals surface area contributed by atoms with E-state index in [1.54, 1.807) is 0 Å². The molecule has 1 aromatic carbocycles. The number of carbonyl (C=O) groups excluding carboxylic acids is 1. The third-order valence-electron chi connectivity index (χ3n) is 2.26. The van der Waals surface area contributed by atoms with Gasteiger partial charge in [0.2, 0.25) is 0 Å². The van der Waals surface area contributed by atoms with Crippen molar-refractivity contribution in [2.45, 2.75) is 13.0 Å². The SMILES string of the molecule is Cc1cc([C@H]2COC(=O)N2)ccc1Cl.Cl. The highest BCUT2D eigenvalue weighted by molar-refractivity contribution is 6.31. The summed E-state index contributed by atoms with van der Waals surface area (Å²) in [6, 6.07) is 5.65. The molecule has 1 heterocycles. The Bertz CT molecular complexity index is 382. The van der Waals surface area contributed by atoms with Crippen molar-refractivity contribution in [1.29, 1.82) is 0 Å². The fourth-order valence-electron chi connectivity index (χ4n) is 1.45. The van der Waals surface area contributed by atoms with Crippen LogP contribution in [0.25, 0.3) is 0 Å². The number of alkyl carbamates (subject to hydrolysis) is 1. The van der Waals surface area contributed by atoms with Gasteiger partial charge in [0.15, 0.2) is 0 Å². The van der Waals surface area contributed by atoms with Crippen LogP contribution in [0.3, 0.4) is 0 Å². The van der Waals surface area contributed by atoms with Crippen LogP contribution in [0.5, 0.6) is 0 Å². The van der Waals surface area contributed by atoms with E-state index in [-0.39, 0.29) is 24.5 Å². The molecule has 0 unspecified atom stereocenters. The topological polar surface area (TPSA) is 38.3 Å². The number of cyclic esters (lactones) is 1. The second kappa shape index (κ2) is 4.73. The maximum absolute atomic E-state index is 10.8. The molecular formula is C10H11Cl2NO2. The minimum absolute atomic E-state index is 0. The molecule has 1 aliphatic heterocycles. The Morgan fingerprint density at radius 3 is 2.80 bits per heavy atom.